The lowest BCUT2D eigenvalue weighted by Gasteiger charge is -2.26. The Hall–Kier alpha value is -1.80. The quantitative estimate of drug-likeness (QED) is 0.885. The zero-order chi connectivity index (χ0) is 15.5. The average molecular weight is 302 g/mol. The predicted molar refractivity (Wildman–Crippen MR) is 87.5 cm³/mol. The van der Waals surface area contributed by atoms with E-state index in [1.54, 1.807) is 0 Å². The van der Waals surface area contributed by atoms with Crippen LogP contribution in [-0.2, 0) is 10.2 Å². The molecule has 0 aliphatic heterocycles. The standard InChI is InChI=1S/C18H20ClNO/c1-13(14-8-7-11-16(19)12-14)20-17(21)18(2,3)15-9-5-4-6-10-15/h4-13H,1-3H3,(H,20,21)/t13-/m1/s1. The van der Waals surface area contributed by atoms with E-state index in [2.05, 4.69) is 5.32 Å². The minimum atomic E-state index is -0.575. The number of benzene rings is 2. The molecule has 0 heterocycles. The van der Waals surface area contributed by atoms with Crippen molar-refractivity contribution < 1.29 is 4.79 Å². The van der Waals surface area contributed by atoms with E-state index < -0.39 is 5.41 Å². The monoisotopic (exact) mass is 301 g/mol. The minimum absolute atomic E-state index is 0.00109. The Morgan fingerprint density at radius 3 is 2.38 bits per heavy atom. The first-order chi connectivity index (χ1) is 9.91. The third-order valence-corrected chi connectivity index (χ3v) is 3.99. The van der Waals surface area contributed by atoms with Crippen LogP contribution in [0.1, 0.15) is 37.9 Å². The zero-order valence-electron chi connectivity index (χ0n) is 12.6. The number of nitrogens with one attached hydrogen (secondary N) is 1. The number of carbonyl (C=O) groups is 1. The summed E-state index contributed by atoms with van der Waals surface area (Å²) >= 11 is 6.00. The van der Waals surface area contributed by atoms with Gasteiger partial charge in [-0.25, -0.2) is 0 Å². The van der Waals surface area contributed by atoms with Gasteiger partial charge < -0.3 is 5.32 Å². The normalized spacial score (nSPS) is 12.8. The molecule has 3 heteroatoms. The van der Waals surface area contributed by atoms with Gasteiger partial charge in [0.1, 0.15) is 0 Å². The van der Waals surface area contributed by atoms with Gasteiger partial charge in [-0.3, -0.25) is 4.79 Å². The molecule has 1 N–H and O–H groups in total. The SMILES string of the molecule is C[C@@H](NC(=O)C(C)(C)c1ccccc1)c1cccc(Cl)c1. The summed E-state index contributed by atoms with van der Waals surface area (Å²) in [5.74, 6) is 0.00109. The van der Waals surface area contributed by atoms with Crippen LogP contribution < -0.4 is 5.32 Å². The molecule has 0 spiro atoms. The van der Waals surface area contributed by atoms with Crippen LogP contribution in [0.2, 0.25) is 5.02 Å². The molecular weight excluding hydrogens is 282 g/mol. The Bertz CT molecular complexity index is 622. The third-order valence-electron chi connectivity index (χ3n) is 3.76. The molecule has 2 aromatic carbocycles. The molecule has 1 amide bonds. The molecule has 0 unspecified atom stereocenters. The van der Waals surface area contributed by atoms with Gasteiger partial charge in [-0.15, -0.1) is 0 Å². The first-order valence-corrected chi connectivity index (χ1v) is 7.41. The summed E-state index contributed by atoms with van der Waals surface area (Å²) in [5.41, 5.74) is 1.43. The fraction of sp³-hybridized carbons (Fsp3) is 0.278. The number of hydrogen-bond donors (Lipinski definition) is 1. The first kappa shape index (κ1) is 15.6. The highest BCUT2D eigenvalue weighted by Gasteiger charge is 2.30. The number of halogens is 1. The molecule has 110 valence electrons. The van der Waals surface area contributed by atoms with Crippen molar-refractivity contribution in [3.05, 3.63) is 70.7 Å². The highest BCUT2D eigenvalue weighted by molar-refractivity contribution is 6.30. The molecule has 0 aliphatic rings. The molecule has 0 fully saturated rings. The van der Waals surface area contributed by atoms with Crippen LogP contribution in [0.15, 0.2) is 54.6 Å². The summed E-state index contributed by atoms with van der Waals surface area (Å²) in [7, 11) is 0. The number of carbonyl (C=O) groups excluding carboxylic acids is 1. The number of rotatable bonds is 4. The largest absolute Gasteiger partial charge is 0.349 e. The molecule has 0 radical (unpaired) electrons. The van der Waals surface area contributed by atoms with E-state index in [9.17, 15) is 4.79 Å². The molecule has 2 nitrogen and oxygen atoms in total. The summed E-state index contributed by atoms with van der Waals surface area (Å²) in [6.45, 7) is 5.83. The molecule has 0 bridgehead atoms. The van der Waals surface area contributed by atoms with Crippen molar-refractivity contribution in [2.45, 2.75) is 32.2 Å². The fourth-order valence-corrected chi connectivity index (χ4v) is 2.42. The van der Waals surface area contributed by atoms with Crippen LogP contribution in [0.4, 0.5) is 0 Å². The van der Waals surface area contributed by atoms with Crippen molar-refractivity contribution in [2.75, 3.05) is 0 Å². The smallest absolute Gasteiger partial charge is 0.230 e. The summed E-state index contributed by atoms with van der Waals surface area (Å²) in [6, 6.07) is 17.3. The Kier molecular flexibility index (Phi) is 4.69. The summed E-state index contributed by atoms with van der Waals surface area (Å²) in [5, 5.41) is 3.74. The van der Waals surface area contributed by atoms with Crippen molar-refractivity contribution in [2.24, 2.45) is 0 Å². The Labute approximate surface area is 131 Å². The summed E-state index contributed by atoms with van der Waals surface area (Å²) in [6.07, 6.45) is 0. The second-order valence-electron chi connectivity index (χ2n) is 5.74. The van der Waals surface area contributed by atoms with E-state index in [0.717, 1.165) is 11.1 Å². The van der Waals surface area contributed by atoms with E-state index >= 15 is 0 Å². The van der Waals surface area contributed by atoms with Gasteiger partial charge in [-0.1, -0.05) is 54.1 Å². The van der Waals surface area contributed by atoms with Gasteiger partial charge in [-0.2, -0.15) is 0 Å². The molecule has 0 saturated heterocycles. The Morgan fingerprint density at radius 1 is 1.10 bits per heavy atom. The number of hydrogen-bond acceptors (Lipinski definition) is 1. The molecular formula is C18H20ClNO. The zero-order valence-corrected chi connectivity index (χ0v) is 13.3. The van der Waals surface area contributed by atoms with Crippen molar-refractivity contribution >= 4 is 17.5 Å². The van der Waals surface area contributed by atoms with Gasteiger partial charge in [0.2, 0.25) is 5.91 Å². The fourth-order valence-electron chi connectivity index (χ4n) is 2.22. The minimum Gasteiger partial charge on any atom is -0.349 e. The highest BCUT2D eigenvalue weighted by Crippen LogP contribution is 2.25. The van der Waals surface area contributed by atoms with E-state index in [1.807, 2.05) is 75.4 Å². The van der Waals surface area contributed by atoms with Gasteiger partial charge in [0.25, 0.3) is 0 Å². The first-order valence-electron chi connectivity index (χ1n) is 7.03. The summed E-state index contributed by atoms with van der Waals surface area (Å²) in [4.78, 5) is 12.6. The number of amides is 1. The maximum absolute atomic E-state index is 12.6. The lowest BCUT2D eigenvalue weighted by Crippen LogP contribution is -2.41. The highest BCUT2D eigenvalue weighted by atomic mass is 35.5. The van der Waals surface area contributed by atoms with Crippen molar-refractivity contribution in [3.63, 3.8) is 0 Å². The lowest BCUT2D eigenvalue weighted by molar-refractivity contribution is -0.126. The van der Waals surface area contributed by atoms with Gasteiger partial charge in [0.05, 0.1) is 11.5 Å². The molecule has 2 aromatic rings. The lowest BCUT2D eigenvalue weighted by atomic mass is 9.83. The second-order valence-corrected chi connectivity index (χ2v) is 6.18. The summed E-state index contributed by atoms with van der Waals surface area (Å²) < 4.78 is 0. The van der Waals surface area contributed by atoms with E-state index in [-0.39, 0.29) is 11.9 Å². The topological polar surface area (TPSA) is 29.1 Å². The van der Waals surface area contributed by atoms with Crippen LogP contribution in [-0.4, -0.2) is 5.91 Å². The van der Waals surface area contributed by atoms with Crippen molar-refractivity contribution in [3.8, 4) is 0 Å². The molecule has 2 rings (SSSR count). The maximum Gasteiger partial charge on any atom is 0.230 e. The van der Waals surface area contributed by atoms with Gasteiger partial charge in [0, 0.05) is 5.02 Å². The predicted octanol–water partition coefficient (Wildman–Crippen LogP) is 4.50. The van der Waals surface area contributed by atoms with Crippen molar-refractivity contribution in [1.29, 1.82) is 0 Å². The average Bonchev–Trinajstić information content (AvgIpc) is 2.48. The van der Waals surface area contributed by atoms with E-state index in [4.69, 9.17) is 11.6 Å². The van der Waals surface area contributed by atoms with Crippen LogP contribution >= 0.6 is 11.6 Å². The van der Waals surface area contributed by atoms with E-state index in [1.165, 1.54) is 0 Å². The Morgan fingerprint density at radius 2 is 1.76 bits per heavy atom. The second kappa shape index (κ2) is 6.31. The molecule has 0 aliphatic carbocycles. The van der Waals surface area contributed by atoms with Crippen LogP contribution in [0.25, 0.3) is 0 Å². The molecule has 1 atom stereocenters. The van der Waals surface area contributed by atoms with E-state index in [0.29, 0.717) is 5.02 Å². The Balaban J connectivity index is 2.14. The van der Waals surface area contributed by atoms with Crippen LogP contribution in [0, 0.1) is 0 Å². The van der Waals surface area contributed by atoms with Gasteiger partial charge in [-0.05, 0) is 44.0 Å². The molecule has 0 aromatic heterocycles. The molecule has 21 heavy (non-hydrogen) atoms. The van der Waals surface area contributed by atoms with Crippen LogP contribution in [0.3, 0.4) is 0 Å². The third kappa shape index (κ3) is 3.64. The van der Waals surface area contributed by atoms with Crippen LogP contribution in [0.5, 0.6) is 0 Å². The van der Waals surface area contributed by atoms with Gasteiger partial charge >= 0.3 is 0 Å². The van der Waals surface area contributed by atoms with Crippen molar-refractivity contribution in [1.82, 2.24) is 5.32 Å². The molecule has 0 saturated carbocycles. The maximum atomic E-state index is 12.6. The van der Waals surface area contributed by atoms with Gasteiger partial charge in [0.15, 0.2) is 0 Å².